The van der Waals surface area contributed by atoms with E-state index in [0.717, 1.165) is 22.0 Å². The third-order valence-corrected chi connectivity index (χ3v) is 5.11. The van der Waals surface area contributed by atoms with E-state index in [-0.39, 0.29) is 24.8 Å². The molecule has 0 N–H and O–H groups in total. The van der Waals surface area contributed by atoms with Crippen molar-refractivity contribution in [1.82, 2.24) is 4.57 Å². The maximum absolute atomic E-state index is 13.0. The Morgan fingerprint density at radius 2 is 1.70 bits per heavy atom. The number of hydrogen-bond donors (Lipinski definition) is 0. The zero-order valence-electron chi connectivity index (χ0n) is 16.1. The quantitative estimate of drug-likeness (QED) is 0.446. The first-order valence-electron chi connectivity index (χ1n) is 9.30. The molecule has 0 aliphatic carbocycles. The summed E-state index contributed by atoms with van der Waals surface area (Å²) in [5, 5.41) is 1.07. The Hall–Kier alpha value is -2.88. The Morgan fingerprint density at radius 3 is 2.37 bits per heavy atom. The van der Waals surface area contributed by atoms with Gasteiger partial charge in [-0.25, -0.2) is 0 Å². The molecule has 0 aliphatic heterocycles. The summed E-state index contributed by atoms with van der Waals surface area (Å²) in [7, 11) is 1.90. The number of fused-ring (bicyclic) bond motifs is 1. The van der Waals surface area contributed by atoms with Crippen LogP contribution in [0.3, 0.4) is 0 Å². The fourth-order valence-corrected chi connectivity index (χ4v) is 3.54. The van der Waals surface area contributed by atoms with E-state index in [0.29, 0.717) is 12.1 Å². The first-order chi connectivity index (χ1) is 13.0. The van der Waals surface area contributed by atoms with E-state index in [4.69, 9.17) is 4.74 Å². The van der Waals surface area contributed by atoms with Gasteiger partial charge in [-0.3, -0.25) is 9.59 Å². The van der Waals surface area contributed by atoms with Gasteiger partial charge in [0.25, 0.3) is 0 Å². The number of rotatable bonds is 7. The summed E-state index contributed by atoms with van der Waals surface area (Å²) in [6, 6.07) is 17.5. The number of aryl methyl sites for hydroxylation is 2. The number of para-hydroxylation sites is 1. The van der Waals surface area contributed by atoms with Crippen molar-refractivity contribution in [3.05, 3.63) is 71.4 Å². The van der Waals surface area contributed by atoms with Crippen LogP contribution in [0, 0.1) is 12.8 Å². The molecule has 0 aliphatic rings. The highest BCUT2D eigenvalue weighted by Crippen LogP contribution is 2.27. The summed E-state index contributed by atoms with van der Waals surface area (Å²) in [6.07, 6.45) is 0.734. The van der Waals surface area contributed by atoms with E-state index < -0.39 is 5.92 Å². The molecule has 2 aromatic carbocycles. The number of hydrogen-bond acceptors (Lipinski definition) is 3. The number of ether oxygens (including phenoxy) is 1. The molecule has 0 radical (unpaired) electrons. The molecule has 0 saturated heterocycles. The molecule has 0 amide bonds. The smallest absolute Gasteiger partial charge is 0.309 e. The van der Waals surface area contributed by atoms with E-state index in [1.165, 1.54) is 0 Å². The van der Waals surface area contributed by atoms with Crippen LogP contribution in [0.2, 0.25) is 0 Å². The minimum absolute atomic E-state index is 0.0188. The van der Waals surface area contributed by atoms with Crippen LogP contribution in [-0.2, 0) is 23.2 Å². The summed E-state index contributed by atoms with van der Waals surface area (Å²) in [6.45, 7) is 4.11. The predicted octanol–water partition coefficient (Wildman–Crippen LogP) is 4.83. The number of Topliss-reactive ketones (excluding diaryl/α,β-unsaturated/α-hetero) is 1. The van der Waals surface area contributed by atoms with Crippen molar-refractivity contribution in [2.24, 2.45) is 13.0 Å². The molecular formula is C23H25NO3. The summed E-state index contributed by atoms with van der Waals surface area (Å²) in [5.74, 6) is -0.764. The minimum Gasteiger partial charge on any atom is -0.461 e. The highest BCUT2D eigenvalue weighted by Gasteiger charge is 2.25. The fourth-order valence-electron chi connectivity index (χ4n) is 3.54. The molecule has 0 fully saturated rings. The van der Waals surface area contributed by atoms with Crippen LogP contribution in [0.25, 0.3) is 10.9 Å². The third-order valence-electron chi connectivity index (χ3n) is 5.11. The summed E-state index contributed by atoms with van der Waals surface area (Å²) < 4.78 is 7.36. The molecule has 27 heavy (non-hydrogen) atoms. The first-order valence-corrected chi connectivity index (χ1v) is 9.30. The van der Waals surface area contributed by atoms with Crippen LogP contribution >= 0.6 is 0 Å². The van der Waals surface area contributed by atoms with Gasteiger partial charge in [0.15, 0.2) is 5.78 Å². The van der Waals surface area contributed by atoms with Gasteiger partial charge in [-0.2, -0.15) is 0 Å². The van der Waals surface area contributed by atoms with Crippen molar-refractivity contribution in [1.29, 1.82) is 0 Å². The Kier molecular flexibility index (Phi) is 5.75. The number of ketones is 1. The van der Waals surface area contributed by atoms with Crippen molar-refractivity contribution in [2.45, 2.75) is 33.3 Å². The molecule has 4 heteroatoms. The zero-order chi connectivity index (χ0) is 19.4. The summed E-state index contributed by atoms with van der Waals surface area (Å²) in [5.41, 5.74) is 3.60. The van der Waals surface area contributed by atoms with Crippen molar-refractivity contribution >= 4 is 22.7 Å². The summed E-state index contributed by atoms with van der Waals surface area (Å²) in [4.78, 5) is 25.5. The third kappa shape index (κ3) is 3.95. The lowest BCUT2D eigenvalue weighted by Gasteiger charge is -2.14. The van der Waals surface area contributed by atoms with Gasteiger partial charge >= 0.3 is 5.97 Å². The Morgan fingerprint density at radius 1 is 1.04 bits per heavy atom. The average Bonchev–Trinajstić information content (AvgIpc) is 2.95. The molecule has 1 aromatic heterocycles. The monoisotopic (exact) mass is 363 g/mol. The van der Waals surface area contributed by atoms with E-state index in [2.05, 4.69) is 0 Å². The molecule has 0 bridgehead atoms. The number of nitrogens with zero attached hydrogens (tertiary/aromatic N) is 1. The van der Waals surface area contributed by atoms with Crippen molar-refractivity contribution in [3.8, 4) is 0 Å². The van der Waals surface area contributed by atoms with E-state index in [1.807, 2.05) is 80.1 Å². The molecule has 3 rings (SSSR count). The maximum atomic E-state index is 13.0. The van der Waals surface area contributed by atoms with Crippen LogP contribution in [0.1, 0.15) is 41.4 Å². The van der Waals surface area contributed by atoms with Gasteiger partial charge < -0.3 is 9.30 Å². The molecule has 3 aromatic rings. The Balaban J connectivity index is 1.73. The predicted molar refractivity (Wildman–Crippen MR) is 107 cm³/mol. The van der Waals surface area contributed by atoms with Crippen LogP contribution in [-0.4, -0.2) is 16.3 Å². The average molecular weight is 363 g/mol. The molecule has 4 nitrogen and oxygen atoms in total. The topological polar surface area (TPSA) is 48.3 Å². The van der Waals surface area contributed by atoms with Crippen LogP contribution < -0.4 is 0 Å². The lowest BCUT2D eigenvalue weighted by Crippen LogP contribution is -2.21. The van der Waals surface area contributed by atoms with E-state index in [9.17, 15) is 9.59 Å². The number of esters is 1. The van der Waals surface area contributed by atoms with Crippen LogP contribution in [0.5, 0.6) is 0 Å². The maximum Gasteiger partial charge on any atom is 0.309 e. The molecule has 140 valence electrons. The Bertz CT molecular complexity index is 917. The van der Waals surface area contributed by atoms with Crippen molar-refractivity contribution in [2.75, 3.05) is 0 Å². The normalized spacial score (nSPS) is 12.1. The summed E-state index contributed by atoms with van der Waals surface area (Å²) >= 11 is 0. The van der Waals surface area contributed by atoms with Crippen LogP contribution in [0.15, 0.2) is 54.6 Å². The van der Waals surface area contributed by atoms with Crippen molar-refractivity contribution < 1.29 is 14.3 Å². The number of carbonyl (C=O) groups excluding carboxylic acids is 2. The van der Waals surface area contributed by atoms with Gasteiger partial charge in [-0.05, 0) is 30.5 Å². The first kappa shape index (κ1) is 18.9. The van der Waals surface area contributed by atoms with Gasteiger partial charge in [0.2, 0.25) is 0 Å². The molecular weight excluding hydrogens is 338 g/mol. The molecule has 0 saturated carbocycles. The Labute approximate surface area is 159 Å². The molecule has 1 unspecified atom stereocenters. The largest absolute Gasteiger partial charge is 0.461 e. The minimum atomic E-state index is -0.432. The van der Waals surface area contributed by atoms with E-state index in [1.54, 1.807) is 0 Å². The number of aromatic nitrogens is 1. The fraction of sp³-hybridized carbons (Fsp3) is 0.304. The van der Waals surface area contributed by atoms with Crippen molar-refractivity contribution in [3.63, 3.8) is 0 Å². The standard InChI is InChI=1S/C23H25NO3/c1-4-18(23(26)27-15-17-10-6-5-7-11-17)14-21(25)22-16(2)19-12-8-9-13-20(19)24(22)3/h5-13,18H,4,14-15H2,1-3H3. The lowest BCUT2D eigenvalue weighted by molar-refractivity contribution is -0.150. The number of benzene rings is 2. The second-order valence-electron chi connectivity index (χ2n) is 6.88. The second-order valence-corrected chi connectivity index (χ2v) is 6.88. The number of carbonyl (C=O) groups is 2. The molecule has 1 atom stereocenters. The molecule has 1 heterocycles. The molecule has 0 spiro atoms. The van der Waals surface area contributed by atoms with Gasteiger partial charge in [-0.1, -0.05) is 55.5 Å². The van der Waals surface area contributed by atoms with Gasteiger partial charge in [-0.15, -0.1) is 0 Å². The lowest BCUT2D eigenvalue weighted by atomic mass is 9.97. The van der Waals surface area contributed by atoms with Gasteiger partial charge in [0.05, 0.1) is 11.6 Å². The van der Waals surface area contributed by atoms with Crippen LogP contribution in [0.4, 0.5) is 0 Å². The highest BCUT2D eigenvalue weighted by atomic mass is 16.5. The SMILES string of the molecule is CCC(CC(=O)c1c(C)c2ccccc2n1C)C(=O)OCc1ccccc1. The van der Waals surface area contributed by atoms with E-state index >= 15 is 0 Å². The second kappa shape index (κ2) is 8.21. The van der Waals surface area contributed by atoms with Gasteiger partial charge in [0, 0.05) is 24.4 Å². The zero-order valence-corrected chi connectivity index (χ0v) is 16.1. The van der Waals surface area contributed by atoms with Gasteiger partial charge in [0.1, 0.15) is 6.61 Å². The highest BCUT2D eigenvalue weighted by molar-refractivity contribution is 6.03.